The lowest BCUT2D eigenvalue weighted by atomic mass is 9.93. The maximum atomic E-state index is 12.5. The van der Waals surface area contributed by atoms with E-state index in [4.69, 9.17) is 20.4 Å². The quantitative estimate of drug-likeness (QED) is 0.356. The van der Waals surface area contributed by atoms with Crippen LogP contribution in [0.15, 0.2) is 12.4 Å². The highest BCUT2D eigenvalue weighted by Crippen LogP contribution is 2.24. The van der Waals surface area contributed by atoms with E-state index >= 15 is 0 Å². The smallest absolute Gasteiger partial charge is 0.336 e. The molecule has 0 atom stereocenters. The fraction of sp³-hybridized carbons (Fsp3) is 0.667. The van der Waals surface area contributed by atoms with Gasteiger partial charge in [0, 0.05) is 50.1 Å². The van der Waals surface area contributed by atoms with E-state index < -0.39 is 36.4 Å². The van der Waals surface area contributed by atoms with Crippen LogP contribution in [0.5, 0.6) is 0 Å². The molecule has 2 fully saturated rings. The summed E-state index contributed by atoms with van der Waals surface area (Å²) in [4.78, 5) is 56.1. The molecule has 1 aromatic rings. The summed E-state index contributed by atoms with van der Waals surface area (Å²) in [5.74, 6) is -3.81. The second kappa shape index (κ2) is 13.8. The Kier molecular flexibility index (Phi) is 11.2. The Labute approximate surface area is 210 Å². The zero-order chi connectivity index (χ0) is 26.7. The number of nitrogens with zero attached hydrogens (tertiary/aromatic N) is 4. The van der Waals surface area contributed by atoms with Crippen LogP contribution in [-0.4, -0.2) is 95.3 Å². The predicted octanol–water partition coefficient (Wildman–Crippen LogP) is 1.16. The number of carbonyl (C=O) groups excluding carboxylic acids is 1. The molecule has 0 unspecified atom stereocenters. The maximum Gasteiger partial charge on any atom is 0.336 e. The zero-order valence-corrected chi connectivity index (χ0v) is 20.6. The molecule has 0 radical (unpaired) electrons. The largest absolute Gasteiger partial charge is 0.481 e. The summed E-state index contributed by atoms with van der Waals surface area (Å²) in [6.07, 6.45) is 9.81. The van der Waals surface area contributed by atoms with Crippen LogP contribution in [0.2, 0.25) is 0 Å². The summed E-state index contributed by atoms with van der Waals surface area (Å²) >= 11 is 0. The van der Waals surface area contributed by atoms with Gasteiger partial charge in [0.1, 0.15) is 5.82 Å². The van der Waals surface area contributed by atoms with E-state index in [0.717, 1.165) is 43.9 Å². The third-order valence-corrected chi connectivity index (χ3v) is 6.28. The number of piperazine rings is 1. The molecule has 36 heavy (non-hydrogen) atoms. The zero-order valence-electron chi connectivity index (χ0n) is 20.6. The normalized spacial score (nSPS) is 17.3. The molecular formula is C24H36N4O8. The maximum absolute atomic E-state index is 12.5. The topological polar surface area (TPSA) is 181 Å². The first-order chi connectivity index (χ1) is 17.0. The lowest BCUT2D eigenvalue weighted by molar-refractivity contribution is -0.170. The summed E-state index contributed by atoms with van der Waals surface area (Å²) in [5, 5.41) is 33.8. The van der Waals surface area contributed by atoms with Crippen LogP contribution in [0.3, 0.4) is 0 Å². The number of aromatic nitrogens is 2. The van der Waals surface area contributed by atoms with Gasteiger partial charge in [0.2, 0.25) is 5.91 Å². The van der Waals surface area contributed by atoms with Crippen molar-refractivity contribution in [3.8, 4) is 0 Å². The Bertz CT molecular complexity index is 886. The highest BCUT2D eigenvalue weighted by atomic mass is 16.4. The molecule has 12 heteroatoms. The number of amides is 1. The Morgan fingerprint density at radius 2 is 1.58 bits per heavy atom. The average molecular weight is 509 g/mol. The van der Waals surface area contributed by atoms with Gasteiger partial charge in [-0.25, -0.2) is 14.8 Å². The van der Waals surface area contributed by atoms with E-state index in [1.54, 1.807) is 0 Å². The number of carboxylic acid groups (broad SMARTS) is 3. The molecule has 4 N–H and O–H groups in total. The van der Waals surface area contributed by atoms with Crippen LogP contribution in [0.1, 0.15) is 69.7 Å². The molecule has 12 nitrogen and oxygen atoms in total. The molecule has 0 spiro atoms. The lowest BCUT2D eigenvalue weighted by Gasteiger charge is -2.40. The van der Waals surface area contributed by atoms with Gasteiger partial charge in [-0.15, -0.1) is 0 Å². The van der Waals surface area contributed by atoms with Gasteiger partial charge in [-0.05, 0) is 19.3 Å². The Hall–Kier alpha value is -3.12. The van der Waals surface area contributed by atoms with Crippen LogP contribution < -0.4 is 0 Å². The van der Waals surface area contributed by atoms with E-state index in [-0.39, 0.29) is 0 Å². The Balaban J connectivity index is 0.000000302. The van der Waals surface area contributed by atoms with Crippen LogP contribution in [0.25, 0.3) is 0 Å². The predicted molar refractivity (Wildman–Crippen MR) is 127 cm³/mol. The SMILES string of the molecule is CCCc1ncc(CN2CCN(C3CCCCC3)C(=O)C2)cn1.O=C(O)CC(O)(CC(=O)O)C(=O)O. The number of carbonyl (C=O) groups is 4. The average Bonchev–Trinajstić information content (AvgIpc) is 2.80. The van der Waals surface area contributed by atoms with Gasteiger partial charge < -0.3 is 25.3 Å². The van der Waals surface area contributed by atoms with Crippen LogP contribution in [-0.2, 0) is 32.1 Å². The monoisotopic (exact) mass is 508 g/mol. The molecule has 1 saturated carbocycles. The van der Waals surface area contributed by atoms with Gasteiger partial charge in [-0.3, -0.25) is 19.3 Å². The van der Waals surface area contributed by atoms with Crippen molar-refractivity contribution in [3.05, 3.63) is 23.8 Å². The standard InChI is InChI=1S/C18H28N4O.C6H8O7/c1-2-6-17-19-11-15(12-20-17)13-21-9-10-22(18(23)14-21)16-7-4-3-5-8-16;7-3(8)1-6(13,5(11)12)2-4(9)10/h11-12,16H,2-10,13-14H2,1H3;13H,1-2H2,(H,7,8)(H,9,10)(H,11,12). The molecule has 1 amide bonds. The first-order valence-corrected chi connectivity index (χ1v) is 12.2. The number of rotatable bonds is 10. The van der Waals surface area contributed by atoms with Gasteiger partial charge in [0.15, 0.2) is 5.60 Å². The summed E-state index contributed by atoms with van der Waals surface area (Å²) in [5.41, 5.74) is -1.64. The van der Waals surface area contributed by atoms with E-state index in [1.165, 1.54) is 32.1 Å². The van der Waals surface area contributed by atoms with E-state index in [0.29, 0.717) is 18.5 Å². The third kappa shape index (κ3) is 9.15. The van der Waals surface area contributed by atoms with Crippen molar-refractivity contribution in [2.75, 3.05) is 19.6 Å². The second-order valence-corrected chi connectivity index (χ2v) is 9.32. The second-order valence-electron chi connectivity index (χ2n) is 9.32. The van der Waals surface area contributed by atoms with E-state index in [1.807, 2.05) is 12.4 Å². The van der Waals surface area contributed by atoms with Gasteiger partial charge in [0.05, 0.1) is 19.4 Å². The molecule has 200 valence electrons. The minimum absolute atomic E-state index is 0.298. The molecule has 0 bridgehead atoms. The number of aliphatic carboxylic acids is 3. The van der Waals surface area contributed by atoms with Gasteiger partial charge >= 0.3 is 17.9 Å². The van der Waals surface area contributed by atoms with Crippen molar-refractivity contribution >= 4 is 23.8 Å². The van der Waals surface area contributed by atoms with Gasteiger partial charge in [0.25, 0.3) is 0 Å². The van der Waals surface area contributed by atoms with Crippen LogP contribution in [0.4, 0.5) is 0 Å². The van der Waals surface area contributed by atoms with Crippen molar-refractivity contribution in [1.29, 1.82) is 0 Å². The highest BCUT2D eigenvalue weighted by molar-refractivity contribution is 5.88. The minimum atomic E-state index is -2.74. The molecular weight excluding hydrogens is 472 g/mol. The number of hydrogen-bond acceptors (Lipinski definition) is 8. The van der Waals surface area contributed by atoms with Crippen LogP contribution >= 0.6 is 0 Å². The van der Waals surface area contributed by atoms with E-state index in [2.05, 4.69) is 26.7 Å². The van der Waals surface area contributed by atoms with Crippen molar-refractivity contribution in [2.45, 2.75) is 82.9 Å². The van der Waals surface area contributed by atoms with Crippen molar-refractivity contribution in [3.63, 3.8) is 0 Å². The van der Waals surface area contributed by atoms with Gasteiger partial charge in [-0.1, -0.05) is 26.2 Å². The molecule has 1 aromatic heterocycles. The summed E-state index contributed by atoms with van der Waals surface area (Å²) in [7, 11) is 0. The van der Waals surface area contributed by atoms with Crippen molar-refractivity contribution < 1.29 is 39.6 Å². The highest BCUT2D eigenvalue weighted by Gasteiger charge is 2.40. The van der Waals surface area contributed by atoms with E-state index in [9.17, 15) is 19.2 Å². The third-order valence-electron chi connectivity index (χ3n) is 6.28. The molecule has 2 aliphatic rings. The molecule has 0 aromatic carbocycles. The fourth-order valence-corrected chi connectivity index (χ4v) is 4.44. The fourth-order valence-electron chi connectivity index (χ4n) is 4.44. The molecule has 1 aliphatic carbocycles. The minimum Gasteiger partial charge on any atom is -0.481 e. The molecule has 1 saturated heterocycles. The first kappa shape index (κ1) is 29.1. The summed E-state index contributed by atoms with van der Waals surface area (Å²) < 4.78 is 0. The first-order valence-electron chi connectivity index (χ1n) is 12.2. The van der Waals surface area contributed by atoms with Gasteiger partial charge in [-0.2, -0.15) is 0 Å². The molecule has 2 heterocycles. The Morgan fingerprint density at radius 1 is 1.00 bits per heavy atom. The Morgan fingerprint density at radius 3 is 2.06 bits per heavy atom. The number of hydrogen-bond donors (Lipinski definition) is 4. The number of aryl methyl sites for hydroxylation is 1. The summed E-state index contributed by atoms with van der Waals surface area (Å²) in [6.45, 7) is 5.27. The number of carboxylic acids is 3. The molecule has 1 aliphatic heterocycles. The number of aliphatic hydroxyl groups is 1. The van der Waals surface area contributed by atoms with Crippen LogP contribution in [0, 0.1) is 0 Å². The van der Waals surface area contributed by atoms with Crippen molar-refractivity contribution in [2.24, 2.45) is 0 Å². The molecule has 3 rings (SSSR count). The lowest BCUT2D eigenvalue weighted by Crippen LogP contribution is -2.54. The van der Waals surface area contributed by atoms with Crippen molar-refractivity contribution in [1.82, 2.24) is 19.8 Å². The summed E-state index contributed by atoms with van der Waals surface area (Å²) in [6, 6.07) is 0.495.